The smallest absolute Gasteiger partial charge is 0.320 e. The molecule has 0 spiro atoms. The maximum Gasteiger partial charge on any atom is 0.320 e. The van der Waals surface area contributed by atoms with Gasteiger partial charge in [0.1, 0.15) is 0 Å². The lowest BCUT2D eigenvalue weighted by Gasteiger charge is -2.27. The first-order chi connectivity index (χ1) is 22.1. The molecule has 0 radical (unpaired) electrons. The van der Waals surface area contributed by atoms with Gasteiger partial charge in [0.25, 0.3) is 0 Å². The van der Waals surface area contributed by atoms with Gasteiger partial charge in [-0.15, -0.1) is 0 Å². The van der Waals surface area contributed by atoms with E-state index in [0.29, 0.717) is 18.3 Å². The van der Waals surface area contributed by atoms with E-state index in [1.54, 1.807) is 0 Å². The lowest BCUT2D eigenvalue weighted by molar-refractivity contribution is -0.147. The molecule has 0 aliphatic carbocycles. The largest absolute Gasteiger partial charge is 0.480 e. The minimum absolute atomic E-state index is 0.0259. The summed E-state index contributed by atoms with van der Waals surface area (Å²) < 4.78 is 5.39. The van der Waals surface area contributed by atoms with Crippen LogP contribution >= 0.6 is 0 Å². The molecule has 0 heterocycles. The van der Waals surface area contributed by atoms with E-state index in [9.17, 15) is 34.2 Å². The van der Waals surface area contributed by atoms with Crippen molar-refractivity contribution in [2.24, 2.45) is 23.7 Å². The summed E-state index contributed by atoms with van der Waals surface area (Å²) in [5, 5.41) is 36.6. The van der Waals surface area contributed by atoms with Crippen LogP contribution in [-0.4, -0.2) is 130 Å². The van der Waals surface area contributed by atoms with E-state index in [-0.39, 0.29) is 39.3 Å². The highest BCUT2D eigenvalue weighted by Gasteiger charge is 2.20. The zero-order chi connectivity index (χ0) is 35.8. The minimum atomic E-state index is -1.22. The quantitative estimate of drug-likeness (QED) is 0.0767. The first-order valence-corrected chi connectivity index (χ1v) is 17.3. The maximum atomic E-state index is 12.5. The van der Waals surface area contributed by atoms with Crippen molar-refractivity contribution >= 4 is 29.8 Å². The maximum absolute atomic E-state index is 12.5. The Morgan fingerprint density at radius 2 is 0.787 bits per heavy atom. The number of aliphatic carboxylic acids is 4. The van der Waals surface area contributed by atoms with Crippen molar-refractivity contribution < 1.29 is 49.1 Å². The summed E-state index contributed by atoms with van der Waals surface area (Å²) in [7, 11) is 0. The molecule has 0 aliphatic rings. The number of hydrogen-bond donors (Lipinski definition) is 4. The fourth-order valence-electron chi connectivity index (χ4n) is 5.57. The van der Waals surface area contributed by atoms with Gasteiger partial charge in [0.2, 0.25) is 0 Å². The molecule has 13 nitrogen and oxygen atoms in total. The van der Waals surface area contributed by atoms with Crippen LogP contribution in [0.4, 0.5) is 0 Å². The molecule has 4 N–H and O–H groups in total. The Hall–Kier alpha value is -2.77. The SMILES string of the molecule is CC(C)CCCC(C)CCCC(C)CCCC(C)CCOC(=O)CN(CCN(CCN(CC(=O)O)CC(=O)O)CC(=O)O)CC(=O)O. The number of carboxylic acids is 4. The van der Waals surface area contributed by atoms with E-state index < -0.39 is 56.0 Å². The molecule has 0 aliphatic heterocycles. The van der Waals surface area contributed by atoms with E-state index in [0.717, 1.165) is 29.6 Å². The molecule has 0 bridgehead atoms. The summed E-state index contributed by atoms with van der Waals surface area (Å²) in [6.07, 6.45) is 11.9. The molecule has 0 rings (SSSR count). The monoisotopic (exact) mass is 673 g/mol. The van der Waals surface area contributed by atoms with E-state index in [2.05, 4.69) is 34.6 Å². The van der Waals surface area contributed by atoms with Gasteiger partial charge in [0.15, 0.2) is 0 Å². The number of rotatable bonds is 31. The number of carbonyl (C=O) groups excluding carboxylic acids is 1. The van der Waals surface area contributed by atoms with Crippen molar-refractivity contribution in [3.8, 4) is 0 Å². The van der Waals surface area contributed by atoms with Crippen LogP contribution in [0.15, 0.2) is 0 Å². The molecule has 3 unspecified atom stereocenters. The normalized spacial score (nSPS) is 13.6. The van der Waals surface area contributed by atoms with Crippen molar-refractivity contribution in [1.82, 2.24) is 14.7 Å². The van der Waals surface area contributed by atoms with E-state index in [4.69, 9.17) is 14.9 Å². The average Bonchev–Trinajstić information content (AvgIpc) is 2.92. The van der Waals surface area contributed by atoms with Crippen LogP contribution in [0, 0.1) is 23.7 Å². The first-order valence-electron chi connectivity index (χ1n) is 17.3. The second kappa shape index (κ2) is 26.2. The number of nitrogens with zero attached hydrogens (tertiary/aromatic N) is 3. The Kier molecular flexibility index (Phi) is 24.7. The van der Waals surface area contributed by atoms with Gasteiger partial charge in [0.05, 0.1) is 39.3 Å². The number of carbonyl (C=O) groups is 5. The molecule has 0 fully saturated rings. The summed E-state index contributed by atoms with van der Waals surface area (Å²) in [6, 6.07) is 0. The van der Waals surface area contributed by atoms with Crippen LogP contribution in [0.3, 0.4) is 0 Å². The second-order valence-electron chi connectivity index (χ2n) is 13.8. The van der Waals surface area contributed by atoms with Crippen LogP contribution in [0.25, 0.3) is 0 Å². The lowest BCUT2D eigenvalue weighted by Crippen LogP contribution is -2.45. The third-order valence-corrected chi connectivity index (χ3v) is 8.39. The van der Waals surface area contributed by atoms with Gasteiger partial charge in [-0.25, -0.2) is 0 Å². The van der Waals surface area contributed by atoms with E-state index in [1.807, 2.05) is 0 Å². The Balaban J connectivity index is 4.54. The summed E-state index contributed by atoms with van der Waals surface area (Å²) in [5.74, 6) is -2.65. The second-order valence-corrected chi connectivity index (χ2v) is 13.8. The van der Waals surface area contributed by atoms with Gasteiger partial charge in [-0.1, -0.05) is 92.4 Å². The highest BCUT2D eigenvalue weighted by Crippen LogP contribution is 2.22. The molecule has 0 aromatic rings. The van der Waals surface area contributed by atoms with Gasteiger partial charge in [-0.2, -0.15) is 0 Å². The predicted molar refractivity (Wildman–Crippen MR) is 179 cm³/mol. The fraction of sp³-hybridized carbons (Fsp3) is 0.853. The zero-order valence-corrected chi connectivity index (χ0v) is 29.5. The van der Waals surface area contributed by atoms with E-state index >= 15 is 0 Å². The van der Waals surface area contributed by atoms with Gasteiger partial charge in [-0.3, -0.25) is 38.7 Å². The Morgan fingerprint density at radius 1 is 0.468 bits per heavy atom. The van der Waals surface area contributed by atoms with Crippen LogP contribution in [0.2, 0.25) is 0 Å². The molecule has 0 amide bonds. The molecular weight excluding hydrogens is 610 g/mol. The molecule has 0 aromatic carbocycles. The van der Waals surface area contributed by atoms with Crippen molar-refractivity contribution in [1.29, 1.82) is 0 Å². The standard InChI is InChI=1S/C34H63N3O10/c1-26(2)9-6-10-27(3)11-7-12-28(4)13-8-14-29(5)15-20-47-34(46)25-37(24-33(44)45)19-17-35(21-30(38)39)16-18-36(22-31(40)41)23-32(42)43/h26-29H,6-25H2,1-5H3,(H,38,39)(H,40,41)(H,42,43)(H,44,45). The molecule has 0 saturated carbocycles. The van der Waals surface area contributed by atoms with E-state index in [1.165, 1.54) is 54.7 Å². The third-order valence-electron chi connectivity index (χ3n) is 8.39. The zero-order valence-electron chi connectivity index (χ0n) is 29.5. The number of carboxylic acid groups (broad SMARTS) is 4. The van der Waals surface area contributed by atoms with Gasteiger partial charge in [-0.05, 0) is 30.1 Å². The molecule has 47 heavy (non-hydrogen) atoms. The van der Waals surface area contributed by atoms with Crippen molar-refractivity contribution in [3.05, 3.63) is 0 Å². The summed E-state index contributed by atoms with van der Waals surface area (Å²) in [6.45, 7) is 9.54. The average molecular weight is 674 g/mol. The molecule has 3 atom stereocenters. The molecule has 0 saturated heterocycles. The van der Waals surface area contributed by atoms with Gasteiger partial charge < -0.3 is 25.2 Å². The summed E-state index contributed by atoms with van der Waals surface area (Å²) >= 11 is 0. The number of ether oxygens (including phenoxy) is 1. The number of hydrogen-bond acceptors (Lipinski definition) is 9. The lowest BCUT2D eigenvalue weighted by atomic mass is 9.91. The molecule has 274 valence electrons. The Morgan fingerprint density at radius 3 is 1.17 bits per heavy atom. The van der Waals surface area contributed by atoms with Gasteiger partial charge in [0, 0.05) is 26.2 Å². The molecular formula is C34H63N3O10. The van der Waals surface area contributed by atoms with Gasteiger partial charge >= 0.3 is 29.8 Å². The van der Waals surface area contributed by atoms with Crippen LogP contribution < -0.4 is 0 Å². The van der Waals surface area contributed by atoms with Crippen LogP contribution in [0.5, 0.6) is 0 Å². The van der Waals surface area contributed by atoms with Crippen LogP contribution in [0.1, 0.15) is 98.8 Å². The van der Waals surface area contributed by atoms with Crippen molar-refractivity contribution in [2.75, 3.05) is 65.5 Å². The molecule has 0 aromatic heterocycles. The third kappa shape index (κ3) is 28.0. The highest BCUT2D eigenvalue weighted by atomic mass is 16.5. The minimum Gasteiger partial charge on any atom is -0.480 e. The van der Waals surface area contributed by atoms with Crippen LogP contribution in [-0.2, 0) is 28.7 Å². The Bertz CT molecular complexity index is 901. The van der Waals surface area contributed by atoms with Crippen molar-refractivity contribution in [2.45, 2.75) is 98.8 Å². The predicted octanol–water partition coefficient (Wildman–Crippen LogP) is 4.24. The fourth-order valence-corrected chi connectivity index (χ4v) is 5.57. The first kappa shape index (κ1) is 44.2. The topological polar surface area (TPSA) is 185 Å². The summed E-state index contributed by atoms with van der Waals surface area (Å²) in [4.78, 5) is 61.4. The number of esters is 1. The Labute approximate surface area is 281 Å². The highest BCUT2D eigenvalue weighted by molar-refractivity contribution is 5.74. The van der Waals surface area contributed by atoms with Crippen molar-refractivity contribution in [3.63, 3.8) is 0 Å². The summed E-state index contributed by atoms with van der Waals surface area (Å²) in [5.41, 5.74) is 0. The molecule has 13 heteroatoms.